The Labute approximate surface area is 143 Å². The van der Waals surface area contributed by atoms with E-state index in [0.29, 0.717) is 5.92 Å². The average Bonchev–Trinajstić information content (AvgIpc) is 2.62. The number of pyridine rings is 1. The summed E-state index contributed by atoms with van der Waals surface area (Å²) in [6.07, 6.45) is 0.877. The first-order chi connectivity index (χ1) is 11.6. The van der Waals surface area contributed by atoms with Crippen LogP contribution in [0.15, 0.2) is 60.7 Å². The lowest BCUT2D eigenvalue weighted by Crippen LogP contribution is -2.02. The molecule has 1 aromatic heterocycles. The van der Waals surface area contributed by atoms with Crippen LogP contribution in [0.3, 0.4) is 0 Å². The fraction of sp³-hybridized carbons (Fsp3) is 0.227. The fourth-order valence-corrected chi connectivity index (χ4v) is 2.97. The van der Waals surface area contributed by atoms with Crippen molar-refractivity contribution in [1.82, 2.24) is 4.98 Å². The van der Waals surface area contributed by atoms with Crippen molar-refractivity contribution in [2.75, 3.05) is 0 Å². The maximum atomic E-state index is 13.3. The minimum Gasteiger partial charge on any atom is -0.252 e. The first-order valence-corrected chi connectivity index (χ1v) is 8.45. The molecule has 3 aromatic rings. The van der Waals surface area contributed by atoms with Gasteiger partial charge in [0.2, 0.25) is 0 Å². The van der Waals surface area contributed by atoms with Crippen LogP contribution in [0.4, 0.5) is 4.39 Å². The number of rotatable bonds is 4. The lowest BCUT2D eigenvalue weighted by atomic mass is 9.92. The van der Waals surface area contributed by atoms with E-state index >= 15 is 0 Å². The van der Waals surface area contributed by atoms with E-state index in [-0.39, 0.29) is 5.82 Å². The maximum absolute atomic E-state index is 13.3. The van der Waals surface area contributed by atoms with Gasteiger partial charge in [0.1, 0.15) is 5.82 Å². The molecule has 0 aliphatic carbocycles. The predicted molar refractivity (Wildman–Crippen MR) is 98.5 cm³/mol. The summed E-state index contributed by atoms with van der Waals surface area (Å²) in [5.74, 6) is 0.121. The molecule has 24 heavy (non-hydrogen) atoms. The minimum absolute atomic E-state index is 0.210. The van der Waals surface area contributed by atoms with E-state index in [1.807, 2.05) is 30.3 Å². The van der Waals surface area contributed by atoms with Gasteiger partial charge in [-0.25, -0.2) is 4.39 Å². The van der Waals surface area contributed by atoms with E-state index in [4.69, 9.17) is 4.98 Å². The standard InChI is InChI=1S/C22H22FN/c1-4-19-20(16-10-12-18(23)13-11-16)14-21(15(2)3)24-22(19)17-8-6-5-7-9-17/h5-15H,4H2,1-3H3. The summed E-state index contributed by atoms with van der Waals surface area (Å²) in [5.41, 5.74) is 6.61. The third-order valence-electron chi connectivity index (χ3n) is 4.29. The summed E-state index contributed by atoms with van der Waals surface area (Å²) < 4.78 is 13.3. The second kappa shape index (κ2) is 6.96. The van der Waals surface area contributed by atoms with Crippen LogP contribution >= 0.6 is 0 Å². The molecule has 122 valence electrons. The van der Waals surface area contributed by atoms with E-state index < -0.39 is 0 Å². The molecule has 2 heteroatoms. The molecule has 0 amide bonds. The normalized spacial score (nSPS) is 11.0. The van der Waals surface area contributed by atoms with Crippen LogP contribution in [-0.2, 0) is 6.42 Å². The van der Waals surface area contributed by atoms with E-state index in [9.17, 15) is 4.39 Å². The van der Waals surface area contributed by atoms with Gasteiger partial charge in [-0.3, -0.25) is 4.98 Å². The Morgan fingerprint density at radius 3 is 2.17 bits per heavy atom. The van der Waals surface area contributed by atoms with E-state index in [1.54, 1.807) is 0 Å². The number of hydrogen-bond acceptors (Lipinski definition) is 1. The molecule has 1 heterocycles. The summed E-state index contributed by atoms with van der Waals surface area (Å²) in [7, 11) is 0. The van der Waals surface area contributed by atoms with Crippen LogP contribution < -0.4 is 0 Å². The summed E-state index contributed by atoms with van der Waals surface area (Å²) in [4.78, 5) is 4.94. The lowest BCUT2D eigenvalue weighted by molar-refractivity contribution is 0.628. The molecular weight excluding hydrogens is 297 g/mol. The molecular formula is C22H22FN. The average molecular weight is 319 g/mol. The fourth-order valence-electron chi connectivity index (χ4n) is 2.97. The van der Waals surface area contributed by atoms with Crippen molar-refractivity contribution < 1.29 is 4.39 Å². The van der Waals surface area contributed by atoms with Gasteiger partial charge in [0.25, 0.3) is 0 Å². The Hall–Kier alpha value is -2.48. The second-order valence-electron chi connectivity index (χ2n) is 6.30. The van der Waals surface area contributed by atoms with Gasteiger partial charge in [-0.15, -0.1) is 0 Å². The maximum Gasteiger partial charge on any atom is 0.123 e. The summed E-state index contributed by atoms with van der Waals surface area (Å²) in [5, 5.41) is 0. The van der Waals surface area contributed by atoms with Crippen LogP contribution in [0.2, 0.25) is 0 Å². The Bertz CT molecular complexity index is 821. The summed E-state index contributed by atoms with van der Waals surface area (Å²) >= 11 is 0. The van der Waals surface area contributed by atoms with Crippen LogP contribution in [0.1, 0.15) is 37.9 Å². The largest absolute Gasteiger partial charge is 0.252 e. The number of halogens is 1. The van der Waals surface area contributed by atoms with Crippen LogP contribution in [0, 0.1) is 5.82 Å². The first kappa shape index (κ1) is 16.4. The molecule has 1 nitrogen and oxygen atoms in total. The Morgan fingerprint density at radius 1 is 0.917 bits per heavy atom. The molecule has 0 N–H and O–H groups in total. The molecule has 0 atom stereocenters. The molecule has 0 aliphatic heterocycles. The predicted octanol–water partition coefficient (Wildman–Crippen LogP) is 6.24. The van der Waals surface area contributed by atoms with Crippen molar-refractivity contribution in [3.63, 3.8) is 0 Å². The zero-order valence-corrected chi connectivity index (χ0v) is 14.4. The van der Waals surface area contributed by atoms with Gasteiger partial charge in [0, 0.05) is 11.3 Å². The van der Waals surface area contributed by atoms with Crippen LogP contribution in [0.25, 0.3) is 22.4 Å². The van der Waals surface area contributed by atoms with Gasteiger partial charge in [-0.2, -0.15) is 0 Å². The molecule has 0 saturated carbocycles. The third-order valence-corrected chi connectivity index (χ3v) is 4.29. The third kappa shape index (κ3) is 3.23. The summed E-state index contributed by atoms with van der Waals surface area (Å²) in [6, 6.07) is 19.2. The SMILES string of the molecule is CCc1c(-c2ccc(F)cc2)cc(C(C)C)nc1-c1ccccc1. The molecule has 0 spiro atoms. The zero-order valence-electron chi connectivity index (χ0n) is 14.4. The highest BCUT2D eigenvalue weighted by molar-refractivity contribution is 5.76. The Kier molecular flexibility index (Phi) is 4.75. The van der Waals surface area contributed by atoms with Gasteiger partial charge >= 0.3 is 0 Å². The molecule has 3 rings (SSSR count). The van der Waals surface area contributed by atoms with Crippen molar-refractivity contribution in [3.05, 3.63) is 77.7 Å². The minimum atomic E-state index is -0.210. The smallest absolute Gasteiger partial charge is 0.123 e. The number of benzene rings is 2. The second-order valence-corrected chi connectivity index (χ2v) is 6.30. The van der Waals surface area contributed by atoms with Crippen molar-refractivity contribution >= 4 is 0 Å². The van der Waals surface area contributed by atoms with Crippen molar-refractivity contribution in [1.29, 1.82) is 0 Å². The molecule has 0 fully saturated rings. The monoisotopic (exact) mass is 319 g/mol. The Morgan fingerprint density at radius 2 is 1.58 bits per heavy atom. The number of nitrogens with zero attached hydrogens (tertiary/aromatic N) is 1. The highest BCUT2D eigenvalue weighted by atomic mass is 19.1. The number of aromatic nitrogens is 1. The van der Waals surface area contributed by atoms with Gasteiger partial charge in [0.05, 0.1) is 5.69 Å². The van der Waals surface area contributed by atoms with Crippen LogP contribution in [-0.4, -0.2) is 4.98 Å². The van der Waals surface area contributed by atoms with Crippen LogP contribution in [0.5, 0.6) is 0 Å². The topological polar surface area (TPSA) is 12.9 Å². The quantitative estimate of drug-likeness (QED) is 0.554. The Balaban J connectivity index is 2.27. The zero-order chi connectivity index (χ0) is 17.1. The molecule has 0 radical (unpaired) electrons. The van der Waals surface area contributed by atoms with Crippen molar-refractivity contribution in [3.8, 4) is 22.4 Å². The molecule has 0 bridgehead atoms. The molecule has 0 saturated heterocycles. The molecule has 0 aliphatic rings. The highest BCUT2D eigenvalue weighted by Crippen LogP contribution is 2.34. The van der Waals surface area contributed by atoms with Gasteiger partial charge in [0.15, 0.2) is 0 Å². The summed E-state index contributed by atoms with van der Waals surface area (Å²) in [6.45, 7) is 6.44. The van der Waals surface area contributed by atoms with E-state index in [1.165, 1.54) is 17.7 Å². The molecule has 2 aromatic carbocycles. The van der Waals surface area contributed by atoms with Gasteiger partial charge in [-0.05, 0) is 47.2 Å². The first-order valence-electron chi connectivity index (χ1n) is 8.45. The van der Waals surface area contributed by atoms with E-state index in [0.717, 1.165) is 34.5 Å². The number of hydrogen-bond donors (Lipinski definition) is 0. The van der Waals surface area contributed by atoms with Gasteiger partial charge < -0.3 is 0 Å². The van der Waals surface area contributed by atoms with Gasteiger partial charge in [-0.1, -0.05) is 63.2 Å². The molecule has 0 unspecified atom stereocenters. The van der Waals surface area contributed by atoms with E-state index in [2.05, 4.69) is 39.0 Å². The highest BCUT2D eigenvalue weighted by Gasteiger charge is 2.16. The lowest BCUT2D eigenvalue weighted by Gasteiger charge is -2.17. The van der Waals surface area contributed by atoms with Crippen molar-refractivity contribution in [2.24, 2.45) is 0 Å². The van der Waals surface area contributed by atoms with Crippen molar-refractivity contribution in [2.45, 2.75) is 33.1 Å².